The molecule has 0 radical (unpaired) electrons. The molecule has 0 aliphatic rings. The van der Waals surface area contributed by atoms with Crippen LogP contribution in [0.25, 0.3) is 5.52 Å². The number of aromatic nitrogens is 3. The maximum Gasteiger partial charge on any atom is 0.356 e. The summed E-state index contributed by atoms with van der Waals surface area (Å²) in [5.74, 6) is -1.22. The largest absolute Gasteiger partial charge is 0.476 e. The maximum atomic E-state index is 10.8. The first-order valence-corrected chi connectivity index (χ1v) is 4.25. The van der Waals surface area contributed by atoms with Crippen molar-refractivity contribution in [3.8, 4) is 0 Å². The predicted octanol–water partition coefficient (Wildman–Crippen LogP) is 0.893. The molecule has 2 heterocycles. The van der Waals surface area contributed by atoms with E-state index >= 15 is 0 Å². The zero-order chi connectivity index (χ0) is 11.0. The highest BCUT2D eigenvalue weighted by Gasteiger charge is 2.15. The topological polar surface area (TPSA) is 84.6 Å². The number of carboxylic acids is 1. The Morgan fingerprint density at radius 3 is 2.87 bits per heavy atom. The van der Waals surface area contributed by atoms with Gasteiger partial charge in [0, 0.05) is 0 Å². The molecule has 0 aliphatic carbocycles. The first-order chi connectivity index (χ1) is 7.13. The predicted molar refractivity (Wildman–Crippen MR) is 50.3 cm³/mol. The van der Waals surface area contributed by atoms with E-state index in [1.807, 2.05) is 0 Å². The Hall–Kier alpha value is -1.95. The van der Waals surface area contributed by atoms with Crippen LogP contribution < -0.4 is 0 Å². The van der Waals surface area contributed by atoms with Crippen molar-refractivity contribution in [2.75, 3.05) is 0 Å². The van der Waals surface area contributed by atoms with Gasteiger partial charge in [-0.2, -0.15) is 0 Å². The number of halogens is 1. The minimum Gasteiger partial charge on any atom is -0.476 e. The Balaban J connectivity index is 2.88. The SMILES string of the molecule is O=Cc1ccc2c(C(=O)O)nc(Cl)nn12. The number of hydrogen-bond donors (Lipinski definition) is 1. The van der Waals surface area contributed by atoms with Gasteiger partial charge in [0.05, 0.1) is 5.52 Å². The summed E-state index contributed by atoms with van der Waals surface area (Å²) in [4.78, 5) is 25.0. The number of carboxylic acid groups (broad SMARTS) is 1. The van der Waals surface area contributed by atoms with Gasteiger partial charge in [0.15, 0.2) is 12.0 Å². The van der Waals surface area contributed by atoms with Crippen LogP contribution in [0.5, 0.6) is 0 Å². The minimum atomic E-state index is -1.22. The van der Waals surface area contributed by atoms with Crippen LogP contribution in [0.3, 0.4) is 0 Å². The monoisotopic (exact) mass is 225 g/mol. The van der Waals surface area contributed by atoms with Crippen molar-refractivity contribution in [2.45, 2.75) is 0 Å². The summed E-state index contributed by atoms with van der Waals surface area (Å²) in [6.45, 7) is 0. The summed E-state index contributed by atoms with van der Waals surface area (Å²) in [6, 6.07) is 2.89. The van der Waals surface area contributed by atoms with Crippen molar-refractivity contribution in [3.63, 3.8) is 0 Å². The molecule has 0 spiro atoms. The fraction of sp³-hybridized carbons (Fsp3) is 0. The number of aromatic carboxylic acids is 1. The molecule has 0 saturated heterocycles. The summed E-state index contributed by atoms with van der Waals surface area (Å²) in [5, 5.41) is 12.3. The minimum absolute atomic E-state index is 0.219. The van der Waals surface area contributed by atoms with Crippen molar-refractivity contribution in [2.24, 2.45) is 0 Å². The number of fused-ring (bicyclic) bond motifs is 1. The van der Waals surface area contributed by atoms with Crippen LogP contribution in [0.1, 0.15) is 21.0 Å². The van der Waals surface area contributed by atoms with E-state index in [1.54, 1.807) is 0 Å². The summed E-state index contributed by atoms with van der Waals surface area (Å²) in [5.41, 5.74) is 0.217. The first kappa shape index (κ1) is 9.60. The molecule has 0 aromatic carbocycles. The van der Waals surface area contributed by atoms with Crippen molar-refractivity contribution in [1.29, 1.82) is 0 Å². The molecular weight excluding hydrogens is 222 g/mol. The summed E-state index contributed by atoms with van der Waals surface area (Å²) >= 11 is 5.53. The molecule has 2 aromatic rings. The van der Waals surface area contributed by atoms with Gasteiger partial charge in [0.25, 0.3) is 0 Å². The molecule has 0 atom stereocenters. The van der Waals surface area contributed by atoms with E-state index in [-0.39, 0.29) is 22.2 Å². The van der Waals surface area contributed by atoms with Crippen LogP contribution in [-0.2, 0) is 0 Å². The molecule has 0 amide bonds. The third-order valence-electron chi connectivity index (χ3n) is 1.84. The first-order valence-electron chi connectivity index (χ1n) is 3.87. The van der Waals surface area contributed by atoms with Gasteiger partial charge in [-0.15, -0.1) is 5.10 Å². The molecule has 0 aliphatic heterocycles. The van der Waals surface area contributed by atoms with E-state index < -0.39 is 5.97 Å². The quantitative estimate of drug-likeness (QED) is 0.768. The van der Waals surface area contributed by atoms with Crippen molar-refractivity contribution < 1.29 is 14.7 Å². The van der Waals surface area contributed by atoms with Gasteiger partial charge in [0.2, 0.25) is 5.28 Å². The highest BCUT2D eigenvalue weighted by molar-refractivity contribution is 6.28. The smallest absolute Gasteiger partial charge is 0.356 e. The second-order valence-corrected chi connectivity index (χ2v) is 3.05. The molecule has 15 heavy (non-hydrogen) atoms. The third kappa shape index (κ3) is 1.44. The van der Waals surface area contributed by atoms with Gasteiger partial charge in [-0.05, 0) is 23.7 Å². The molecule has 7 heteroatoms. The van der Waals surface area contributed by atoms with E-state index in [4.69, 9.17) is 16.7 Å². The summed E-state index contributed by atoms with van der Waals surface area (Å²) in [7, 11) is 0. The lowest BCUT2D eigenvalue weighted by atomic mass is 10.4. The molecule has 6 nitrogen and oxygen atoms in total. The third-order valence-corrected chi connectivity index (χ3v) is 2.00. The van der Waals surface area contributed by atoms with Gasteiger partial charge in [-0.3, -0.25) is 4.79 Å². The van der Waals surface area contributed by atoms with Crippen LogP contribution in [0, 0.1) is 0 Å². The van der Waals surface area contributed by atoms with Gasteiger partial charge >= 0.3 is 5.97 Å². The van der Waals surface area contributed by atoms with E-state index in [2.05, 4.69) is 10.1 Å². The second-order valence-electron chi connectivity index (χ2n) is 2.71. The Kier molecular flexibility index (Phi) is 2.12. The lowest BCUT2D eigenvalue weighted by Gasteiger charge is -1.99. The zero-order valence-corrected chi connectivity index (χ0v) is 7.97. The number of aldehydes is 1. The summed E-state index contributed by atoms with van der Waals surface area (Å²) < 4.78 is 1.14. The van der Waals surface area contributed by atoms with Crippen molar-refractivity contribution >= 4 is 29.4 Å². The van der Waals surface area contributed by atoms with Gasteiger partial charge in [-0.25, -0.2) is 14.3 Å². The highest BCUT2D eigenvalue weighted by Crippen LogP contribution is 2.13. The zero-order valence-electron chi connectivity index (χ0n) is 7.22. The fourth-order valence-corrected chi connectivity index (χ4v) is 1.40. The molecule has 0 saturated carbocycles. The van der Waals surface area contributed by atoms with E-state index in [1.165, 1.54) is 12.1 Å². The van der Waals surface area contributed by atoms with Gasteiger partial charge in [0.1, 0.15) is 5.69 Å². The van der Waals surface area contributed by atoms with Crippen LogP contribution in [0.4, 0.5) is 0 Å². The second kappa shape index (κ2) is 3.32. The lowest BCUT2D eigenvalue weighted by Crippen LogP contribution is -2.08. The number of carbonyl (C=O) groups is 2. The standard InChI is InChI=1S/C8H4ClN3O3/c9-8-10-6(7(14)15)5-2-1-4(3-13)12(5)11-8/h1-3H,(H,14,15). The maximum absolute atomic E-state index is 10.8. The molecular formula is C8H4ClN3O3. The molecule has 2 aromatic heterocycles. The Morgan fingerprint density at radius 2 is 2.27 bits per heavy atom. The average molecular weight is 226 g/mol. The number of rotatable bonds is 2. The van der Waals surface area contributed by atoms with Crippen LogP contribution in [-0.4, -0.2) is 32.0 Å². The van der Waals surface area contributed by atoms with E-state index in [0.717, 1.165) is 4.52 Å². The van der Waals surface area contributed by atoms with E-state index in [0.29, 0.717) is 6.29 Å². The number of nitrogens with zero attached hydrogens (tertiary/aromatic N) is 3. The van der Waals surface area contributed by atoms with Crippen LogP contribution in [0.15, 0.2) is 12.1 Å². The molecule has 2 rings (SSSR count). The van der Waals surface area contributed by atoms with Gasteiger partial charge < -0.3 is 5.11 Å². The van der Waals surface area contributed by atoms with E-state index in [9.17, 15) is 9.59 Å². The molecule has 1 N–H and O–H groups in total. The Morgan fingerprint density at radius 1 is 1.53 bits per heavy atom. The molecule has 0 bridgehead atoms. The summed E-state index contributed by atoms with van der Waals surface area (Å²) in [6.07, 6.45) is 0.557. The van der Waals surface area contributed by atoms with Crippen molar-refractivity contribution in [1.82, 2.24) is 14.6 Å². The van der Waals surface area contributed by atoms with Crippen molar-refractivity contribution in [3.05, 3.63) is 28.8 Å². The van der Waals surface area contributed by atoms with Gasteiger partial charge in [-0.1, -0.05) is 0 Å². The Bertz CT molecular complexity index is 564. The molecule has 0 unspecified atom stereocenters. The normalized spacial score (nSPS) is 10.5. The van der Waals surface area contributed by atoms with Crippen LogP contribution >= 0.6 is 11.6 Å². The molecule has 76 valence electrons. The highest BCUT2D eigenvalue weighted by atomic mass is 35.5. The lowest BCUT2D eigenvalue weighted by molar-refractivity contribution is 0.0691. The number of carbonyl (C=O) groups excluding carboxylic acids is 1. The fourth-order valence-electron chi connectivity index (χ4n) is 1.24. The average Bonchev–Trinajstić information content (AvgIpc) is 2.58. The van der Waals surface area contributed by atoms with Crippen LogP contribution in [0.2, 0.25) is 5.28 Å². The number of hydrogen-bond acceptors (Lipinski definition) is 4. The Labute approximate surface area is 88.1 Å². The molecule has 0 fully saturated rings.